The lowest BCUT2D eigenvalue weighted by Crippen LogP contribution is -2.18. The molecule has 0 saturated carbocycles. The zero-order chi connectivity index (χ0) is 14.6. The van der Waals surface area contributed by atoms with Crippen molar-refractivity contribution in [1.29, 1.82) is 0 Å². The second kappa shape index (κ2) is 6.23. The van der Waals surface area contributed by atoms with Gasteiger partial charge in [0.1, 0.15) is 16.7 Å². The smallest absolute Gasteiger partial charge is 0.316 e. The van der Waals surface area contributed by atoms with Crippen LogP contribution in [0.3, 0.4) is 0 Å². The third-order valence-electron chi connectivity index (χ3n) is 2.56. The summed E-state index contributed by atoms with van der Waals surface area (Å²) in [5.41, 5.74) is 0.810. The highest BCUT2D eigenvalue weighted by Crippen LogP contribution is 2.28. The maximum Gasteiger partial charge on any atom is 0.316 e. The molecule has 1 aromatic rings. The standard InChI is InChI=1S/C13H21N3O2S/c1-8-10(14-5)15-12(13(2,3)4)16-11(8)19-7-9(17)18-6/h7H2,1-6H3,(H,14,15,16). The number of ether oxygens (including phenoxy) is 1. The minimum atomic E-state index is -0.258. The number of nitrogens with zero attached hydrogens (tertiary/aromatic N) is 2. The summed E-state index contributed by atoms with van der Waals surface area (Å²) in [5.74, 6) is 1.55. The molecule has 6 heteroatoms. The van der Waals surface area contributed by atoms with Gasteiger partial charge >= 0.3 is 5.97 Å². The first-order valence-electron chi connectivity index (χ1n) is 6.06. The van der Waals surface area contributed by atoms with Crippen LogP contribution in [0, 0.1) is 6.92 Å². The Morgan fingerprint density at radius 3 is 2.47 bits per heavy atom. The van der Waals surface area contributed by atoms with Crippen LogP contribution in [0.2, 0.25) is 0 Å². The third kappa shape index (κ3) is 4.09. The predicted molar refractivity (Wildman–Crippen MR) is 77.8 cm³/mol. The number of methoxy groups -OCH3 is 1. The van der Waals surface area contributed by atoms with Crippen molar-refractivity contribution in [2.75, 3.05) is 25.2 Å². The van der Waals surface area contributed by atoms with E-state index in [0.717, 1.165) is 22.2 Å². The number of thioether (sulfide) groups is 1. The molecule has 0 aliphatic rings. The molecule has 0 radical (unpaired) electrons. The topological polar surface area (TPSA) is 64.1 Å². The summed E-state index contributed by atoms with van der Waals surface area (Å²) in [6.45, 7) is 8.13. The number of rotatable bonds is 4. The van der Waals surface area contributed by atoms with Crippen LogP contribution in [0.5, 0.6) is 0 Å². The SMILES string of the molecule is CNc1nc(C(C)(C)C)nc(SCC(=O)OC)c1C. The molecule has 0 aliphatic carbocycles. The van der Waals surface area contributed by atoms with E-state index in [-0.39, 0.29) is 17.1 Å². The molecule has 0 amide bonds. The van der Waals surface area contributed by atoms with Gasteiger partial charge in [0.25, 0.3) is 0 Å². The maximum atomic E-state index is 11.2. The Labute approximate surface area is 118 Å². The average Bonchev–Trinajstić information content (AvgIpc) is 2.35. The highest BCUT2D eigenvalue weighted by molar-refractivity contribution is 7.99. The number of esters is 1. The molecule has 0 bridgehead atoms. The van der Waals surface area contributed by atoms with Crippen molar-refractivity contribution in [2.45, 2.75) is 38.1 Å². The van der Waals surface area contributed by atoms with Gasteiger partial charge < -0.3 is 10.1 Å². The van der Waals surface area contributed by atoms with Crippen LogP contribution in [-0.4, -0.2) is 35.8 Å². The quantitative estimate of drug-likeness (QED) is 0.520. The number of hydrogen-bond acceptors (Lipinski definition) is 6. The largest absolute Gasteiger partial charge is 0.468 e. The summed E-state index contributed by atoms with van der Waals surface area (Å²) in [5, 5.41) is 3.88. The Bertz CT molecular complexity index is 470. The fraction of sp³-hybridized carbons (Fsp3) is 0.615. The van der Waals surface area contributed by atoms with Crippen molar-refractivity contribution in [1.82, 2.24) is 9.97 Å². The molecule has 0 aliphatic heterocycles. The Morgan fingerprint density at radius 2 is 2.00 bits per heavy atom. The monoisotopic (exact) mass is 283 g/mol. The molecule has 1 aromatic heterocycles. The Hall–Kier alpha value is -1.30. The van der Waals surface area contributed by atoms with Crippen molar-refractivity contribution >= 4 is 23.5 Å². The molecule has 1 rings (SSSR count). The van der Waals surface area contributed by atoms with Gasteiger partial charge in [-0.15, -0.1) is 0 Å². The first kappa shape index (κ1) is 15.8. The molecule has 19 heavy (non-hydrogen) atoms. The lowest BCUT2D eigenvalue weighted by atomic mass is 9.95. The van der Waals surface area contributed by atoms with E-state index in [4.69, 9.17) is 0 Å². The molecule has 0 unspecified atom stereocenters. The maximum absolute atomic E-state index is 11.2. The molecule has 1 N–H and O–H groups in total. The molecule has 1 heterocycles. The van der Waals surface area contributed by atoms with Crippen molar-refractivity contribution in [3.63, 3.8) is 0 Å². The van der Waals surface area contributed by atoms with Gasteiger partial charge in [-0.1, -0.05) is 32.5 Å². The van der Waals surface area contributed by atoms with Gasteiger partial charge in [0.05, 0.1) is 12.9 Å². The van der Waals surface area contributed by atoms with Crippen LogP contribution >= 0.6 is 11.8 Å². The van der Waals surface area contributed by atoms with E-state index >= 15 is 0 Å². The van der Waals surface area contributed by atoms with Crippen LogP contribution in [-0.2, 0) is 14.9 Å². The van der Waals surface area contributed by atoms with E-state index in [1.807, 2.05) is 14.0 Å². The van der Waals surface area contributed by atoms with Crippen molar-refractivity contribution in [3.05, 3.63) is 11.4 Å². The summed E-state index contributed by atoms with van der Waals surface area (Å²) in [6.07, 6.45) is 0. The molecular formula is C13H21N3O2S. The Morgan fingerprint density at radius 1 is 1.37 bits per heavy atom. The molecule has 0 aromatic carbocycles. The second-order valence-electron chi connectivity index (χ2n) is 5.19. The highest BCUT2D eigenvalue weighted by atomic mass is 32.2. The molecule has 0 atom stereocenters. The lowest BCUT2D eigenvalue weighted by Gasteiger charge is -2.20. The zero-order valence-corrected chi connectivity index (χ0v) is 13.1. The number of hydrogen-bond donors (Lipinski definition) is 1. The van der Waals surface area contributed by atoms with Gasteiger partial charge in [0.15, 0.2) is 0 Å². The van der Waals surface area contributed by atoms with E-state index in [0.29, 0.717) is 0 Å². The Kier molecular flexibility index (Phi) is 5.17. The van der Waals surface area contributed by atoms with Gasteiger partial charge in [-0.05, 0) is 6.92 Å². The van der Waals surface area contributed by atoms with Gasteiger partial charge in [-0.25, -0.2) is 9.97 Å². The molecule has 5 nitrogen and oxygen atoms in total. The molecular weight excluding hydrogens is 262 g/mol. The van der Waals surface area contributed by atoms with Crippen LogP contribution in [0.1, 0.15) is 32.2 Å². The summed E-state index contributed by atoms with van der Waals surface area (Å²) in [7, 11) is 3.21. The summed E-state index contributed by atoms with van der Waals surface area (Å²) < 4.78 is 4.65. The lowest BCUT2D eigenvalue weighted by molar-refractivity contribution is -0.137. The molecule has 0 spiro atoms. The summed E-state index contributed by atoms with van der Waals surface area (Å²) in [4.78, 5) is 20.3. The first-order valence-corrected chi connectivity index (χ1v) is 7.04. The fourth-order valence-corrected chi connectivity index (χ4v) is 2.24. The van der Waals surface area contributed by atoms with Crippen LogP contribution in [0.15, 0.2) is 5.03 Å². The zero-order valence-electron chi connectivity index (χ0n) is 12.3. The van der Waals surface area contributed by atoms with E-state index in [2.05, 4.69) is 40.8 Å². The third-order valence-corrected chi connectivity index (χ3v) is 3.61. The van der Waals surface area contributed by atoms with Crippen LogP contribution in [0.25, 0.3) is 0 Å². The number of nitrogens with one attached hydrogen (secondary N) is 1. The van der Waals surface area contributed by atoms with E-state index in [1.54, 1.807) is 0 Å². The van der Waals surface area contributed by atoms with Crippen molar-refractivity contribution in [3.8, 4) is 0 Å². The normalized spacial score (nSPS) is 11.3. The molecule has 106 valence electrons. The first-order chi connectivity index (χ1) is 8.79. The summed E-state index contributed by atoms with van der Waals surface area (Å²) in [6, 6.07) is 0. The second-order valence-corrected chi connectivity index (χ2v) is 6.15. The van der Waals surface area contributed by atoms with Crippen LogP contribution in [0.4, 0.5) is 5.82 Å². The minimum Gasteiger partial charge on any atom is -0.468 e. The number of aromatic nitrogens is 2. The summed E-state index contributed by atoms with van der Waals surface area (Å²) >= 11 is 1.37. The van der Waals surface area contributed by atoms with Crippen molar-refractivity contribution in [2.24, 2.45) is 0 Å². The van der Waals surface area contributed by atoms with Crippen LogP contribution < -0.4 is 5.32 Å². The van der Waals surface area contributed by atoms with Gasteiger partial charge in [-0.2, -0.15) is 0 Å². The highest BCUT2D eigenvalue weighted by Gasteiger charge is 2.21. The predicted octanol–water partition coefficient (Wildman–Crippen LogP) is 2.39. The fourth-order valence-electron chi connectivity index (χ4n) is 1.40. The van der Waals surface area contributed by atoms with Gasteiger partial charge in [0.2, 0.25) is 0 Å². The van der Waals surface area contributed by atoms with E-state index in [1.165, 1.54) is 18.9 Å². The Balaban J connectivity index is 3.11. The molecule has 0 fully saturated rings. The van der Waals surface area contributed by atoms with Crippen molar-refractivity contribution < 1.29 is 9.53 Å². The van der Waals surface area contributed by atoms with E-state index in [9.17, 15) is 4.79 Å². The van der Waals surface area contributed by atoms with Gasteiger partial charge in [-0.3, -0.25) is 4.79 Å². The van der Waals surface area contributed by atoms with Gasteiger partial charge in [0, 0.05) is 18.0 Å². The minimum absolute atomic E-state index is 0.139. The number of anilines is 1. The number of carbonyl (C=O) groups is 1. The average molecular weight is 283 g/mol. The molecule has 0 saturated heterocycles. The van der Waals surface area contributed by atoms with E-state index < -0.39 is 0 Å². The number of carbonyl (C=O) groups excluding carboxylic acids is 1.